The van der Waals surface area contributed by atoms with E-state index in [1.54, 1.807) is 13.8 Å². The molecule has 0 aromatic rings. The summed E-state index contributed by atoms with van der Waals surface area (Å²) in [5, 5.41) is 35.4. The van der Waals surface area contributed by atoms with Crippen molar-refractivity contribution in [2.75, 3.05) is 26.2 Å². The number of guanidine groups is 2. The zero-order valence-electron chi connectivity index (χ0n) is 30.9. The van der Waals surface area contributed by atoms with Crippen molar-refractivity contribution in [1.29, 1.82) is 0 Å². The third kappa shape index (κ3) is 18.0. The minimum atomic E-state index is -1.68. The summed E-state index contributed by atoms with van der Waals surface area (Å²) >= 11 is 0. The number of aliphatic imine (C=N–C) groups is 2. The van der Waals surface area contributed by atoms with Crippen LogP contribution in [0.5, 0.6) is 0 Å². The summed E-state index contributed by atoms with van der Waals surface area (Å²) in [6.45, 7) is 5.91. The van der Waals surface area contributed by atoms with E-state index in [2.05, 4.69) is 41.9 Å². The van der Waals surface area contributed by atoms with Crippen LogP contribution in [0, 0.1) is 5.92 Å². The first-order valence-electron chi connectivity index (χ1n) is 17.9. The first-order chi connectivity index (χ1) is 25.0. The molecule has 0 radical (unpaired) electrons. The molecule has 5 amide bonds. The van der Waals surface area contributed by atoms with Crippen molar-refractivity contribution < 1.29 is 39.0 Å². The summed E-state index contributed by atoms with van der Waals surface area (Å²) in [5.41, 5.74) is 27.3. The van der Waals surface area contributed by atoms with Crippen LogP contribution in [0.4, 0.5) is 0 Å². The third-order valence-electron chi connectivity index (χ3n) is 8.41. The van der Waals surface area contributed by atoms with E-state index in [0.717, 1.165) is 6.42 Å². The van der Waals surface area contributed by atoms with E-state index in [0.29, 0.717) is 32.4 Å². The Bertz CT molecular complexity index is 1270. The number of aliphatic hydroxyl groups is 1. The lowest BCUT2D eigenvalue weighted by Crippen LogP contribution is -2.60. The molecule has 1 aliphatic rings. The highest BCUT2D eigenvalue weighted by Crippen LogP contribution is 2.11. The van der Waals surface area contributed by atoms with Gasteiger partial charge in [-0.05, 0) is 83.7 Å². The van der Waals surface area contributed by atoms with Crippen molar-refractivity contribution in [3.63, 3.8) is 0 Å². The second kappa shape index (κ2) is 24.5. The van der Waals surface area contributed by atoms with Crippen molar-refractivity contribution in [1.82, 2.24) is 31.9 Å². The molecule has 1 heterocycles. The SMILES string of the molecule is CC(C)C(NC(=O)C1CCCN1)C(=O)NC(CCCCN)C(=O)NC(CCCN=C(N)N)C(=O)NC(CCCN=C(N)N)C(=O)NC(C(=O)O)C(C)O. The predicted molar refractivity (Wildman–Crippen MR) is 198 cm³/mol. The van der Waals surface area contributed by atoms with E-state index >= 15 is 0 Å². The third-order valence-corrected chi connectivity index (χ3v) is 8.41. The Labute approximate surface area is 309 Å². The number of hydrogen-bond donors (Lipinski definition) is 13. The minimum absolute atomic E-state index is 0.00928. The Balaban J connectivity index is 3.32. The number of amides is 5. The molecule has 7 atom stereocenters. The molecule has 18 N–H and O–H groups in total. The number of nitrogens with two attached hydrogens (primary N) is 5. The molecule has 0 aromatic heterocycles. The van der Waals surface area contributed by atoms with Gasteiger partial charge in [0.1, 0.15) is 24.2 Å². The molecule has 0 spiro atoms. The Morgan fingerprint density at radius 2 is 1.17 bits per heavy atom. The highest BCUT2D eigenvalue weighted by Gasteiger charge is 2.34. The Morgan fingerprint density at radius 1 is 0.698 bits per heavy atom. The Morgan fingerprint density at radius 3 is 1.57 bits per heavy atom. The van der Waals surface area contributed by atoms with Gasteiger partial charge in [0.25, 0.3) is 0 Å². The minimum Gasteiger partial charge on any atom is -0.480 e. The number of carboxylic acids is 1. The number of nitrogens with one attached hydrogen (secondary N) is 6. The first-order valence-corrected chi connectivity index (χ1v) is 17.9. The van der Waals surface area contributed by atoms with Crippen LogP contribution < -0.4 is 60.6 Å². The largest absolute Gasteiger partial charge is 0.480 e. The van der Waals surface area contributed by atoms with Crippen LogP contribution in [0.2, 0.25) is 0 Å². The van der Waals surface area contributed by atoms with Gasteiger partial charge in [0.15, 0.2) is 18.0 Å². The van der Waals surface area contributed by atoms with Gasteiger partial charge in [-0.3, -0.25) is 34.0 Å². The molecule has 53 heavy (non-hydrogen) atoms. The maximum atomic E-state index is 13.8. The molecule has 1 fully saturated rings. The van der Waals surface area contributed by atoms with E-state index < -0.39 is 72.0 Å². The Kier molecular flexibility index (Phi) is 21.4. The average molecular weight is 756 g/mol. The number of aliphatic hydroxyl groups excluding tert-OH is 1. The number of rotatable bonds is 25. The second-order valence-electron chi connectivity index (χ2n) is 13.3. The number of hydrogen-bond acceptors (Lipinski definition) is 11. The van der Waals surface area contributed by atoms with Crippen LogP contribution >= 0.6 is 0 Å². The molecule has 0 aromatic carbocycles. The summed E-state index contributed by atoms with van der Waals surface area (Å²) in [6.07, 6.45) is 1.48. The van der Waals surface area contributed by atoms with Crippen LogP contribution in [0.1, 0.15) is 78.6 Å². The molecule has 7 unspecified atom stereocenters. The molecule has 21 heteroatoms. The summed E-state index contributed by atoms with van der Waals surface area (Å²) in [6, 6.07) is -6.81. The standard InChI is InChI=1S/C32H61N13O8/c1-17(2)23(44-25(47)19-10-6-14-38-19)29(51)43-20(9-4-5-13-33)26(48)41-21(11-7-15-39-31(34)35)27(49)42-22(12-8-16-40-32(36)37)28(50)45-24(18(3)46)30(52)53/h17-24,38,46H,4-16,33H2,1-3H3,(H,41,48)(H,42,49)(H,43,51)(H,44,47)(H,45,50)(H,52,53)(H4,34,35,39)(H4,36,37,40). The molecule has 0 saturated carbocycles. The average Bonchev–Trinajstić information content (AvgIpc) is 3.62. The lowest BCUT2D eigenvalue weighted by molar-refractivity contribution is -0.145. The van der Waals surface area contributed by atoms with Crippen molar-refractivity contribution in [2.24, 2.45) is 44.6 Å². The van der Waals surface area contributed by atoms with Gasteiger partial charge in [0.05, 0.1) is 12.1 Å². The fourth-order valence-corrected chi connectivity index (χ4v) is 5.45. The summed E-state index contributed by atoms with van der Waals surface area (Å²) in [4.78, 5) is 86.7. The highest BCUT2D eigenvalue weighted by atomic mass is 16.4. The van der Waals surface area contributed by atoms with Crippen molar-refractivity contribution in [3.8, 4) is 0 Å². The Hall–Kier alpha value is -4.76. The number of aliphatic carboxylic acids is 1. The van der Waals surface area contributed by atoms with Gasteiger partial charge in [-0.25, -0.2) is 4.79 Å². The molecule has 1 rings (SSSR count). The van der Waals surface area contributed by atoms with Crippen LogP contribution in [-0.2, 0) is 28.8 Å². The number of carbonyl (C=O) groups is 6. The van der Waals surface area contributed by atoms with E-state index in [1.807, 2.05) is 0 Å². The summed E-state index contributed by atoms with van der Waals surface area (Å²) < 4.78 is 0. The van der Waals surface area contributed by atoms with Crippen molar-refractivity contribution in [2.45, 2.75) is 121 Å². The normalized spacial score (nSPS) is 17.2. The highest BCUT2D eigenvalue weighted by molar-refractivity contribution is 5.96. The number of carbonyl (C=O) groups excluding carboxylic acids is 5. The van der Waals surface area contributed by atoms with Gasteiger partial charge < -0.3 is 70.8 Å². The molecule has 0 aliphatic carbocycles. The van der Waals surface area contributed by atoms with E-state index in [9.17, 15) is 39.0 Å². The van der Waals surface area contributed by atoms with Crippen LogP contribution in [-0.4, -0.2) is 126 Å². The smallest absolute Gasteiger partial charge is 0.328 e. The summed E-state index contributed by atoms with van der Waals surface area (Å²) in [7, 11) is 0. The van der Waals surface area contributed by atoms with E-state index in [4.69, 9.17) is 28.7 Å². The van der Waals surface area contributed by atoms with Gasteiger partial charge in [-0.2, -0.15) is 0 Å². The zero-order chi connectivity index (χ0) is 40.1. The van der Waals surface area contributed by atoms with E-state index in [1.165, 1.54) is 6.92 Å². The maximum Gasteiger partial charge on any atom is 0.328 e. The zero-order valence-corrected chi connectivity index (χ0v) is 30.9. The predicted octanol–water partition coefficient (Wildman–Crippen LogP) is -4.48. The fraction of sp³-hybridized carbons (Fsp3) is 0.750. The van der Waals surface area contributed by atoms with Gasteiger partial charge in [0, 0.05) is 13.1 Å². The lowest BCUT2D eigenvalue weighted by Gasteiger charge is -2.28. The fourth-order valence-electron chi connectivity index (χ4n) is 5.45. The number of carboxylic acid groups (broad SMARTS) is 1. The van der Waals surface area contributed by atoms with Gasteiger partial charge in [-0.15, -0.1) is 0 Å². The second-order valence-corrected chi connectivity index (χ2v) is 13.3. The van der Waals surface area contributed by atoms with Crippen molar-refractivity contribution in [3.05, 3.63) is 0 Å². The molecular formula is C32H61N13O8. The van der Waals surface area contributed by atoms with Gasteiger partial charge in [-0.1, -0.05) is 13.8 Å². The molecule has 1 saturated heterocycles. The van der Waals surface area contributed by atoms with E-state index in [-0.39, 0.29) is 68.9 Å². The molecular weight excluding hydrogens is 694 g/mol. The van der Waals surface area contributed by atoms with Gasteiger partial charge >= 0.3 is 5.97 Å². The van der Waals surface area contributed by atoms with Crippen molar-refractivity contribution >= 4 is 47.4 Å². The summed E-state index contributed by atoms with van der Waals surface area (Å²) in [5.74, 6) is -5.54. The monoisotopic (exact) mass is 755 g/mol. The van der Waals surface area contributed by atoms with Crippen LogP contribution in [0.25, 0.3) is 0 Å². The topological polar surface area (TPSA) is 370 Å². The first kappa shape index (κ1) is 46.3. The maximum absolute atomic E-state index is 13.8. The quantitative estimate of drug-likeness (QED) is 0.0237. The lowest BCUT2D eigenvalue weighted by atomic mass is 10.0. The van der Waals surface area contributed by atoms with Crippen LogP contribution in [0.3, 0.4) is 0 Å². The van der Waals surface area contributed by atoms with Gasteiger partial charge in [0.2, 0.25) is 29.5 Å². The number of unbranched alkanes of at least 4 members (excludes halogenated alkanes) is 1. The molecule has 1 aliphatic heterocycles. The molecule has 0 bridgehead atoms. The molecule has 302 valence electrons. The van der Waals surface area contributed by atoms with Crippen LogP contribution in [0.15, 0.2) is 9.98 Å². The number of nitrogens with zero attached hydrogens (tertiary/aromatic N) is 2. The molecule has 21 nitrogen and oxygen atoms in total.